The third-order valence-electron chi connectivity index (χ3n) is 7.68. The van der Waals surface area contributed by atoms with Crippen molar-refractivity contribution in [3.63, 3.8) is 0 Å². The first-order chi connectivity index (χ1) is 15.0. The molecule has 0 radical (unpaired) electrons. The predicted molar refractivity (Wildman–Crippen MR) is 130 cm³/mol. The molecular weight excluding hydrogens is 470 g/mol. The Hall–Kier alpha value is -2.22. The SMILES string of the molecule is C[C@@H]1[C@@H](C)C(C)(C)[C@@H](C)C[C@H]1Nc1cnn(CC(=O)N[C@H](C)c2ccncc2)c(=O)c1Br. The number of carbonyl (C=O) groups is 1. The molecule has 3 rings (SSSR count). The van der Waals surface area contributed by atoms with Crippen molar-refractivity contribution in [2.24, 2.45) is 23.2 Å². The standard InChI is InChI=1S/C24H34BrN5O2/c1-14-11-19(15(2)16(3)24(14,5)6)29-20-12-27-30(23(32)22(20)25)13-21(31)28-17(4)18-7-9-26-10-8-18/h7-10,12,14-17,19,29H,11,13H2,1-6H3,(H,28,31)/t14-,15+,16+,17+,19+/m0/s1. The summed E-state index contributed by atoms with van der Waals surface area (Å²) in [6.45, 7) is 13.3. The van der Waals surface area contributed by atoms with E-state index in [-0.39, 0.29) is 35.5 Å². The lowest BCUT2D eigenvalue weighted by atomic mass is 9.58. The second-order valence-corrected chi connectivity index (χ2v) is 10.6. The molecule has 1 saturated carbocycles. The Kier molecular flexibility index (Phi) is 7.43. The summed E-state index contributed by atoms with van der Waals surface area (Å²) in [6, 6.07) is 3.76. The molecule has 0 spiro atoms. The van der Waals surface area contributed by atoms with Gasteiger partial charge in [-0.1, -0.05) is 34.6 Å². The number of pyridine rings is 1. The maximum Gasteiger partial charge on any atom is 0.283 e. The first kappa shape index (κ1) is 24.4. The highest BCUT2D eigenvalue weighted by Crippen LogP contribution is 2.48. The summed E-state index contributed by atoms with van der Waals surface area (Å²) in [7, 11) is 0. The number of aromatic nitrogens is 3. The molecule has 174 valence electrons. The summed E-state index contributed by atoms with van der Waals surface area (Å²) < 4.78 is 1.59. The van der Waals surface area contributed by atoms with Crippen molar-refractivity contribution in [1.82, 2.24) is 20.1 Å². The Balaban J connectivity index is 1.69. The van der Waals surface area contributed by atoms with Gasteiger partial charge in [-0.15, -0.1) is 0 Å². The fourth-order valence-corrected chi connectivity index (χ4v) is 5.02. The van der Waals surface area contributed by atoms with Gasteiger partial charge in [-0.2, -0.15) is 5.10 Å². The van der Waals surface area contributed by atoms with Crippen molar-refractivity contribution in [3.8, 4) is 0 Å². The molecule has 0 saturated heterocycles. The monoisotopic (exact) mass is 503 g/mol. The zero-order chi connectivity index (χ0) is 23.6. The van der Waals surface area contributed by atoms with E-state index in [0.717, 1.165) is 12.0 Å². The van der Waals surface area contributed by atoms with Gasteiger partial charge in [0.15, 0.2) is 0 Å². The minimum absolute atomic E-state index is 0.144. The lowest BCUT2D eigenvalue weighted by Gasteiger charge is -2.50. The number of amides is 1. The molecule has 8 heteroatoms. The van der Waals surface area contributed by atoms with Gasteiger partial charge in [0.2, 0.25) is 5.91 Å². The molecule has 2 aromatic heterocycles. The molecule has 1 aliphatic rings. The van der Waals surface area contributed by atoms with Crippen LogP contribution in [0.1, 0.15) is 59.6 Å². The lowest BCUT2D eigenvalue weighted by Crippen LogP contribution is -2.48. The number of rotatable bonds is 6. The van der Waals surface area contributed by atoms with Crippen LogP contribution in [0.2, 0.25) is 0 Å². The molecule has 7 nitrogen and oxygen atoms in total. The minimum Gasteiger partial charge on any atom is -0.380 e. The van der Waals surface area contributed by atoms with Crippen molar-refractivity contribution in [2.75, 3.05) is 5.32 Å². The van der Waals surface area contributed by atoms with E-state index in [2.05, 4.69) is 71.3 Å². The summed E-state index contributed by atoms with van der Waals surface area (Å²) >= 11 is 3.43. The van der Waals surface area contributed by atoms with Crippen LogP contribution in [0.5, 0.6) is 0 Å². The smallest absolute Gasteiger partial charge is 0.283 e. The van der Waals surface area contributed by atoms with Gasteiger partial charge in [0.05, 0.1) is 17.9 Å². The van der Waals surface area contributed by atoms with Gasteiger partial charge in [-0.3, -0.25) is 14.6 Å². The molecule has 0 aliphatic heterocycles. The summed E-state index contributed by atoms with van der Waals surface area (Å²) in [5.41, 5.74) is 1.57. The average molecular weight is 504 g/mol. The molecule has 2 heterocycles. The fraction of sp³-hybridized carbons (Fsp3) is 0.583. The van der Waals surface area contributed by atoms with E-state index in [1.807, 2.05) is 19.1 Å². The number of hydrogen-bond donors (Lipinski definition) is 2. The van der Waals surface area contributed by atoms with E-state index in [9.17, 15) is 9.59 Å². The van der Waals surface area contributed by atoms with Crippen LogP contribution >= 0.6 is 15.9 Å². The van der Waals surface area contributed by atoms with E-state index in [1.54, 1.807) is 18.6 Å². The van der Waals surface area contributed by atoms with Gasteiger partial charge >= 0.3 is 0 Å². The van der Waals surface area contributed by atoms with Crippen LogP contribution in [0.25, 0.3) is 0 Å². The van der Waals surface area contributed by atoms with Gasteiger partial charge in [0.25, 0.3) is 5.56 Å². The van der Waals surface area contributed by atoms with Crippen molar-refractivity contribution in [1.29, 1.82) is 0 Å². The van der Waals surface area contributed by atoms with Crippen molar-refractivity contribution in [2.45, 2.75) is 66.6 Å². The number of hydrogen-bond acceptors (Lipinski definition) is 5. The highest BCUT2D eigenvalue weighted by molar-refractivity contribution is 9.10. The Bertz CT molecular complexity index is 1010. The van der Waals surface area contributed by atoms with Crippen LogP contribution in [0.15, 0.2) is 40.0 Å². The second kappa shape index (κ2) is 9.73. The van der Waals surface area contributed by atoms with Gasteiger partial charge < -0.3 is 10.6 Å². The maximum atomic E-state index is 12.9. The number of halogens is 1. The van der Waals surface area contributed by atoms with E-state index >= 15 is 0 Å². The molecule has 2 aromatic rings. The highest BCUT2D eigenvalue weighted by atomic mass is 79.9. The van der Waals surface area contributed by atoms with Crippen LogP contribution in [-0.2, 0) is 11.3 Å². The maximum absolute atomic E-state index is 12.9. The quantitative estimate of drug-likeness (QED) is 0.609. The van der Waals surface area contributed by atoms with E-state index in [0.29, 0.717) is 27.9 Å². The Morgan fingerprint density at radius 2 is 1.94 bits per heavy atom. The second-order valence-electron chi connectivity index (χ2n) is 9.76. The summed E-state index contributed by atoms with van der Waals surface area (Å²) in [5, 5.41) is 10.7. The summed E-state index contributed by atoms with van der Waals surface area (Å²) in [5.74, 6) is 1.28. The van der Waals surface area contributed by atoms with Crippen molar-refractivity contribution >= 4 is 27.5 Å². The molecule has 0 aromatic carbocycles. The van der Waals surface area contributed by atoms with Crippen LogP contribution in [0.3, 0.4) is 0 Å². The molecule has 1 aliphatic carbocycles. The van der Waals surface area contributed by atoms with Gasteiger partial charge in [-0.25, -0.2) is 4.68 Å². The lowest BCUT2D eigenvalue weighted by molar-refractivity contribution is -0.122. The van der Waals surface area contributed by atoms with Crippen molar-refractivity contribution in [3.05, 3.63) is 51.1 Å². The van der Waals surface area contributed by atoms with E-state index in [4.69, 9.17) is 0 Å². The molecular formula is C24H34BrN5O2. The first-order valence-electron chi connectivity index (χ1n) is 11.2. The molecule has 0 unspecified atom stereocenters. The zero-order valence-electron chi connectivity index (χ0n) is 19.7. The minimum atomic E-state index is -0.327. The fourth-order valence-electron chi connectivity index (χ4n) is 4.60. The Morgan fingerprint density at radius 3 is 2.59 bits per heavy atom. The largest absolute Gasteiger partial charge is 0.380 e. The molecule has 5 atom stereocenters. The Labute approximate surface area is 198 Å². The third-order valence-corrected chi connectivity index (χ3v) is 8.44. The summed E-state index contributed by atoms with van der Waals surface area (Å²) in [4.78, 5) is 29.3. The molecule has 0 bridgehead atoms. The van der Waals surface area contributed by atoms with E-state index in [1.165, 1.54) is 4.68 Å². The molecule has 32 heavy (non-hydrogen) atoms. The van der Waals surface area contributed by atoms with Crippen LogP contribution in [0, 0.1) is 23.2 Å². The van der Waals surface area contributed by atoms with Crippen LogP contribution in [0.4, 0.5) is 5.69 Å². The van der Waals surface area contributed by atoms with E-state index < -0.39 is 0 Å². The average Bonchev–Trinajstić information content (AvgIpc) is 2.76. The molecule has 1 fully saturated rings. The number of carbonyl (C=O) groups excluding carboxylic acids is 1. The normalized spacial score (nSPS) is 25.7. The van der Waals surface area contributed by atoms with Gasteiger partial charge in [-0.05, 0) is 70.1 Å². The molecule has 2 N–H and O–H groups in total. The third kappa shape index (κ3) is 5.05. The zero-order valence-corrected chi connectivity index (χ0v) is 21.3. The number of nitrogens with zero attached hydrogens (tertiary/aromatic N) is 3. The molecule has 1 amide bonds. The van der Waals surface area contributed by atoms with Gasteiger partial charge in [0, 0.05) is 18.4 Å². The first-order valence-corrected chi connectivity index (χ1v) is 12.0. The Morgan fingerprint density at radius 1 is 1.28 bits per heavy atom. The van der Waals surface area contributed by atoms with Crippen molar-refractivity contribution < 1.29 is 4.79 Å². The number of nitrogens with one attached hydrogen (secondary N) is 2. The highest BCUT2D eigenvalue weighted by Gasteiger charge is 2.43. The van der Waals surface area contributed by atoms with Gasteiger partial charge in [0.1, 0.15) is 11.0 Å². The topological polar surface area (TPSA) is 88.9 Å². The van der Waals surface area contributed by atoms with Crippen LogP contribution in [-0.4, -0.2) is 26.7 Å². The van der Waals surface area contributed by atoms with Crippen LogP contribution < -0.4 is 16.2 Å². The number of anilines is 1. The predicted octanol–water partition coefficient (Wildman–Crippen LogP) is 4.40. The summed E-state index contributed by atoms with van der Waals surface area (Å²) in [6.07, 6.45) is 6.03.